The van der Waals surface area contributed by atoms with E-state index >= 15 is 0 Å². The van der Waals surface area contributed by atoms with E-state index < -0.39 is 0 Å². The molecule has 1 aromatic heterocycles. The van der Waals surface area contributed by atoms with Gasteiger partial charge >= 0.3 is 0 Å². The lowest BCUT2D eigenvalue weighted by atomic mass is 9.75. The van der Waals surface area contributed by atoms with E-state index in [9.17, 15) is 4.79 Å². The highest BCUT2D eigenvalue weighted by Gasteiger charge is 2.54. The Labute approximate surface area is 161 Å². The van der Waals surface area contributed by atoms with Crippen molar-refractivity contribution < 1.29 is 4.79 Å². The van der Waals surface area contributed by atoms with Crippen LogP contribution in [0.5, 0.6) is 0 Å². The Balaban J connectivity index is 1.52. The molecule has 6 rings (SSSR count). The maximum atomic E-state index is 13.4. The van der Waals surface area contributed by atoms with E-state index in [0.717, 1.165) is 17.7 Å². The number of fused-ring (bicyclic) bond motifs is 2. The third-order valence-corrected chi connectivity index (χ3v) is 6.88. The first-order valence-electron chi connectivity index (χ1n) is 10.1. The molecule has 4 saturated heterocycles. The van der Waals surface area contributed by atoms with Crippen LogP contribution in [0.25, 0.3) is 0 Å². The summed E-state index contributed by atoms with van der Waals surface area (Å²) >= 11 is 0. The molecule has 0 aliphatic carbocycles. The van der Waals surface area contributed by atoms with Gasteiger partial charge in [0.25, 0.3) is 5.91 Å². The predicted molar refractivity (Wildman–Crippen MR) is 106 cm³/mol. The van der Waals surface area contributed by atoms with Crippen LogP contribution in [0.2, 0.25) is 0 Å². The molecule has 2 aromatic rings. The van der Waals surface area contributed by atoms with Gasteiger partial charge in [0.2, 0.25) is 0 Å². The zero-order valence-corrected chi connectivity index (χ0v) is 16.1. The van der Waals surface area contributed by atoms with E-state index in [1.807, 2.05) is 19.2 Å². The molecule has 0 spiro atoms. The molecule has 0 unspecified atom stereocenters. The van der Waals surface area contributed by atoms with Gasteiger partial charge in [-0.1, -0.05) is 29.8 Å². The van der Waals surface area contributed by atoms with Gasteiger partial charge in [0.05, 0.1) is 11.6 Å². The molecule has 1 aromatic carbocycles. The van der Waals surface area contributed by atoms with Gasteiger partial charge in [-0.2, -0.15) is 0 Å². The Morgan fingerprint density at radius 2 is 1.74 bits per heavy atom. The highest BCUT2D eigenvalue weighted by Crippen LogP contribution is 2.46. The van der Waals surface area contributed by atoms with Crippen molar-refractivity contribution in [3.63, 3.8) is 0 Å². The number of likely N-dealkylation sites (tertiary alicyclic amines) is 1. The van der Waals surface area contributed by atoms with E-state index in [0.29, 0.717) is 23.9 Å². The van der Waals surface area contributed by atoms with E-state index in [1.165, 1.54) is 37.1 Å². The predicted octanol–water partition coefficient (Wildman–Crippen LogP) is 3.40. The average molecular weight is 361 g/mol. The summed E-state index contributed by atoms with van der Waals surface area (Å²) in [5.74, 6) is 1.20. The second-order valence-corrected chi connectivity index (χ2v) is 8.58. The van der Waals surface area contributed by atoms with Gasteiger partial charge in [0.1, 0.15) is 0 Å². The number of hydrogen-bond donors (Lipinski definition) is 0. The summed E-state index contributed by atoms with van der Waals surface area (Å²) in [4.78, 5) is 22.5. The molecule has 4 heteroatoms. The van der Waals surface area contributed by atoms with Crippen LogP contribution in [0, 0.1) is 19.8 Å². The van der Waals surface area contributed by atoms with Crippen LogP contribution >= 0.6 is 0 Å². The van der Waals surface area contributed by atoms with Crippen molar-refractivity contribution in [1.29, 1.82) is 0 Å². The van der Waals surface area contributed by atoms with Gasteiger partial charge in [-0.05, 0) is 62.9 Å². The number of aryl methyl sites for hydroxylation is 2. The summed E-state index contributed by atoms with van der Waals surface area (Å²) < 4.78 is 0. The van der Waals surface area contributed by atoms with Crippen LogP contribution in [0.15, 0.2) is 42.7 Å². The first-order valence-corrected chi connectivity index (χ1v) is 10.1. The smallest absolute Gasteiger partial charge is 0.255 e. The van der Waals surface area contributed by atoms with Gasteiger partial charge in [-0.15, -0.1) is 0 Å². The summed E-state index contributed by atoms with van der Waals surface area (Å²) in [7, 11) is 0. The lowest BCUT2D eigenvalue weighted by molar-refractivity contribution is -0.00342. The molecule has 2 bridgehead atoms. The third-order valence-electron chi connectivity index (χ3n) is 6.88. The normalized spacial score (nSPS) is 31.8. The second kappa shape index (κ2) is 6.45. The highest BCUT2D eigenvalue weighted by molar-refractivity contribution is 5.94. The van der Waals surface area contributed by atoms with E-state index in [-0.39, 0.29) is 5.91 Å². The van der Waals surface area contributed by atoms with Crippen LogP contribution < -0.4 is 0 Å². The third kappa shape index (κ3) is 2.78. The lowest BCUT2D eigenvalue weighted by Crippen LogP contribution is -2.60. The molecule has 4 aliphatic heterocycles. The Morgan fingerprint density at radius 1 is 1.00 bits per heavy atom. The molecule has 5 heterocycles. The SMILES string of the molecule is Cc1ccc([C@@H]2CN(C(=O)c3cncc(C)c3)[C@@H]3C4CCN(CC4)[C@@H]32)cc1. The number of carbonyl (C=O) groups is 1. The molecule has 4 aliphatic rings. The van der Waals surface area contributed by atoms with Crippen molar-refractivity contribution in [2.24, 2.45) is 5.92 Å². The maximum absolute atomic E-state index is 13.4. The molecule has 1 amide bonds. The molecule has 140 valence electrons. The average Bonchev–Trinajstić information content (AvgIpc) is 3.12. The van der Waals surface area contributed by atoms with Crippen LogP contribution in [0.3, 0.4) is 0 Å². The Kier molecular flexibility index (Phi) is 4.05. The summed E-state index contributed by atoms with van der Waals surface area (Å²) in [6.07, 6.45) is 5.98. The quantitative estimate of drug-likeness (QED) is 0.823. The molecule has 0 N–H and O–H groups in total. The Hall–Kier alpha value is -2.20. The monoisotopic (exact) mass is 361 g/mol. The fraction of sp³-hybridized carbons (Fsp3) is 0.478. The van der Waals surface area contributed by atoms with Crippen molar-refractivity contribution in [3.05, 3.63) is 65.0 Å². The molecule has 3 atom stereocenters. The Morgan fingerprint density at radius 3 is 2.44 bits per heavy atom. The standard InChI is InChI=1S/C23H27N3O/c1-15-3-5-17(6-4-15)20-14-26(23(27)19-11-16(2)12-24-13-19)21-18-7-9-25(10-8-18)22(20)21/h3-6,11-13,18,20-22H,7-10,14H2,1-2H3/t20-,21+,22+/m0/s1. The summed E-state index contributed by atoms with van der Waals surface area (Å²) in [5, 5.41) is 0. The number of rotatable bonds is 2. The maximum Gasteiger partial charge on any atom is 0.255 e. The van der Waals surface area contributed by atoms with Crippen LogP contribution in [-0.2, 0) is 0 Å². The minimum absolute atomic E-state index is 0.157. The number of carbonyl (C=O) groups excluding carboxylic acids is 1. The number of amides is 1. The van der Waals surface area contributed by atoms with E-state index in [1.54, 1.807) is 6.20 Å². The summed E-state index contributed by atoms with van der Waals surface area (Å²) in [6.45, 7) is 7.32. The van der Waals surface area contributed by atoms with Crippen molar-refractivity contribution in [1.82, 2.24) is 14.8 Å². The minimum Gasteiger partial charge on any atom is -0.333 e. The fourth-order valence-corrected chi connectivity index (χ4v) is 5.60. The summed E-state index contributed by atoms with van der Waals surface area (Å²) in [6, 6.07) is 11.7. The van der Waals surface area contributed by atoms with E-state index in [4.69, 9.17) is 0 Å². The van der Waals surface area contributed by atoms with Crippen molar-refractivity contribution in [2.75, 3.05) is 19.6 Å². The van der Waals surface area contributed by atoms with Crippen LogP contribution in [-0.4, -0.2) is 52.4 Å². The molecular formula is C23H27N3O. The first-order chi connectivity index (χ1) is 13.1. The molecule has 4 fully saturated rings. The summed E-state index contributed by atoms with van der Waals surface area (Å²) in [5.41, 5.74) is 4.44. The van der Waals surface area contributed by atoms with Crippen molar-refractivity contribution in [2.45, 2.75) is 44.7 Å². The first kappa shape index (κ1) is 16.9. The molecule has 4 nitrogen and oxygen atoms in total. The Bertz CT molecular complexity index is 854. The van der Waals surface area contributed by atoms with Gasteiger partial charge < -0.3 is 4.90 Å². The molecule has 0 saturated carbocycles. The lowest BCUT2D eigenvalue weighted by Gasteiger charge is -2.51. The van der Waals surface area contributed by atoms with Gasteiger partial charge in [-0.25, -0.2) is 0 Å². The van der Waals surface area contributed by atoms with Crippen molar-refractivity contribution >= 4 is 5.91 Å². The number of pyridine rings is 1. The van der Waals surface area contributed by atoms with Crippen LogP contribution in [0.1, 0.15) is 45.8 Å². The number of hydrogen-bond acceptors (Lipinski definition) is 3. The number of benzene rings is 1. The number of aromatic nitrogens is 1. The van der Waals surface area contributed by atoms with Gasteiger partial charge in [-0.3, -0.25) is 14.7 Å². The van der Waals surface area contributed by atoms with Crippen molar-refractivity contribution in [3.8, 4) is 0 Å². The number of nitrogens with zero attached hydrogens (tertiary/aromatic N) is 3. The molecule has 0 radical (unpaired) electrons. The second-order valence-electron chi connectivity index (χ2n) is 8.58. The molecule has 27 heavy (non-hydrogen) atoms. The largest absolute Gasteiger partial charge is 0.333 e. The topological polar surface area (TPSA) is 36.4 Å². The highest BCUT2D eigenvalue weighted by atomic mass is 16.2. The zero-order valence-electron chi connectivity index (χ0n) is 16.1. The minimum atomic E-state index is 0.157. The molecular weight excluding hydrogens is 334 g/mol. The number of piperidine rings is 3. The fourth-order valence-electron chi connectivity index (χ4n) is 5.60. The van der Waals surface area contributed by atoms with Gasteiger partial charge in [0.15, 0.2) is 0 Å². The van der Waals surface area contributed by atoms with Gasteiger partial charge in [0, 0.05) is 30.9 Å². The van der Waals surface area contributed by atoms with Crippen LogP contribution in [0.4, 0.5) is 0 Å². The van der Waals surface area contributed by atoms with E-state index in [2.05, 4.69) is 46.0 Å². The zero-order chi connectivity index (χ0) is 18.5.